The van der Waals surface area contributed by atoms with Crippen LogP contribution in [0.2, 0.25) is 0 Å². The van der Waals surface area contributed by atoms with Gasteiger partial charge in [0.2, 0.25) is 0 Å². The highest BCUT2D eigenvalue weighted by atomic mass is 16.5. The van der Waals surface area contributed by atoms with Gasteiger partial charge in [0.1, 0.15) is 5.82 Å². The van der Waals surface area contributed by atoms with Crippen molar-refractivity contribution >= 4 is 11.0 Å². The molecular weight excluding hydrogens is 318 g/mol. The van der Waals surface area contributed by atoms with Crippen molar-refractivity contribution in [2.75, 3.05) is 6.61 Å². The van der Waals surface area contributed by atoms with Gasteiger partial charge in [0.15, 0.2) is 0 Å². The Kier molecular flexibility index (Phi) is 4.15. The average molecular weight is 339 g/mol. The van der Waals surface area contributed by atoms with E-state index in [4.69, 9.17) is 9.72 Å². The van der Waals surface area contributed by atoms with E-state index >= 15 is 0 Å². The molecule has 0 aliphatic carbocycles. The number of hydrogen-bond acceptors (Lipinski definition) is 4. The Morgan fingerprint density at radius 2 is 2.28 bits per heavy atom. The lowest BCUT2D eigenvalue weighted by Gasteiger charge is -2.14. The number of benzene rings is 1. The zero-order valence-electron chi connectivity index (χ0n) is 14.2. The first-order valence-corrected chi connectivity index (χ1v) is 8.57. The summed E-state index contributed by atoms with van der Waals surface area (Å²) in [6.07, 6.45) is 4.00. The molecule has 0 amide bonds. The molecule has 1 atom stereocenters. The van der Waals surface area contributed by atoms with E-state index in [2.05, 4.69) is 9.55 Å². The molecule has 1 aromatic carbocycles. The molecule has 1 aliphatic heterocycles. The van der Waals surface area contributed by atoms with Crippen LogP contribution < -0.4 is 5.56 Å². The summed E-state index contributed by atoms with van der Waals surface area (Å²) in [7, 11) is 0. The van der Waals surface area contributed by atoms with E-state index < -0.39 is 0 Å². The lowest BCUT2D eigenvalue weighted by molar-refractivity contribution is 0.0982. The van der Waals surface area contributed by atoms with Gasteiger partial charge >= 0.3 is 0 Å². The van der Waals surface area contributed by atoms with E-state index in [1.54, 1.807) is 13.1 Å². The summed E-state index contributed by atoms with van der Waals surface area (Å²) in [5.74, 6) is 0.805. The van der Waals surface area contributed by atoms with Gasteiger partial charge in [-0.2, -0.15) is 0 Å². The molecule has 2 N–H and O–H groups in total. The first kappa shape index (κ1) is 16.1. The van der Waals surface area contributed by atoms with Crippen molar-refractivity contribution in [1.29, 1.82) is 0 Å². The van der Waals surface area contributed by atoms with Crippen LogP contribution in [0, 0.1) is 6.92 Å². The number of H-pyrrole nitrogens is 1. The van der Waals surface area contributed by atoms with Crippen molar-refractivity contribution in [1.82, 2.24) is 14.5 Å². The van der Waals surface area contributed by atoms with Crippen molar-refractivity contribution in [2.45, 2.75) is 39.0 Å². The van der Waals surface area contributed by atoms with E-state index in [1.165, 1.54) is 0 Å². The van der Waals surface area contributed by atoms with Gasteiger partial charge in [0, 0.05) is 23.9 Å². The minimum absolute atomic E-state index is 0.0123. The Labute approximate surface area is 145 Å². The summed E-state index contributed by atoms with van der Waals surface area (Å²) in [5, 5.41) is 9.39. The van der Waals surface area contributed by atoms with E-state index in [0.29, 0.717) is 5.56 Å². The summed E-state index contributed by atoms with van der Waals surface area (Å²) in [4.78, 5) is 19.2. The number of imidazole rings is 1. The smallest absolute Gasteiger partial charge is 0.250 e. The molecule has 6 nitrogen and oxygen atoms in total. The highest BCUT2D eigenvalue weighted by Gasteiger charge is 2.21. The average Bonchev–Trinajstić information content (AvgIpc) is 3.25. The van der Waals surface area contributed by atoms with Gasteiger partial charge in [-0.15, -0.1) is 0 Å². The normalized spacial score (nSPS) is 17.4. The number of nitrogens with one attached hydrogen (secondary N) is 1. The number of aromatic amines is 1. The molecule has 1 aliphatic rings. The summed E-state index contributed by atoms with van der Waals surface area (Å²) < 4.78 is 7.96. The maximum absolute atomic E-state index is 11.7. The molecule has 6 heteroatoms. The third-order valence-corrected chi connectivity index (χ3v) is 4.75. The molecule has 0 saturated carbocycles. The molecule has 4 rings (SSSR count). The van der Waals surface area contributed by atoms with E-state index in [-0.39, 0.29) is 18.3 Å². The van der Waals surface area contributed by atoms with Crippen molar-refractivity contribution in [3.8, 4) is 11.4 Å². The maximum Gasteiger partial charge on any atom is 0.250 e. The molecule has 130 valence electrons. The van der Waals surface area contributed by atoms with Gasteiger partial charge in [0.05, 0.1) is 30.3 Å². The van der Waals surface area contributed by atoms with Crippen LogP contribution in [0.3, 0.4) is 0 Å². The van der Waals surface area contributed by atoms with Crippen LogP contribution in [0.4, 0.5) is 0 Å². The van der Waals surface area contributed by atoms with Crippen LogP contribution in [0.5, 0.6) is 0 Å². The zero-order chi connectivity index (χ0) is 17.4. The Balaban J connectivity index is 1.87. The Morgan fingerprint density at radius 3 is 3.00 bits per heavy atom. The molecule has 1 saturated heterocycles. The molecule has 1 unspecified atom stereocenters. The van der Waals surface area contributed by atoms with Crippen LogP contribution in [0.15, 0.2) is 35.3 Å². The molecule has 3 heterocycles. The fraction of sp³-hybridized carbons (Fsp3) is 0.368. The van der Waals surface area contributed by atoms with Crippen LogP contribution in [-0.4, -0.2) is 32.4 Å². The molecule has 25 heavy (non-hydrogen) atoms. The highest BCUT2D eigenvalue weighted by molar-refractivity contribution is 5.81. The van der Waals surface area contributed by atoms with Crippen molar-refractivity contribution in [3.05, 3.63) is 51.9 Å². The van der Waals surface area contributed by atoms with Gasteiger partial charge in [-0.1, -0.05) is 6.07 Å². The van der Waals surface area contributed by atoms with E-state index in [9.17, 15) is 9.90 Å². The SMILES string of the molecule is Cc1cc(-c2nc3cc(CO)ccc3n2CC2CCCO2)c[nH]c1=O. The second-order valence-corrected chi connectivity index (χ2v) is 6.56. The molecule has 2 aromatic heterocycles. The fourth-order valence-electron chi connectivity index (χ4n) is 3.40. The molecular formula is C19H21N3O3. The number of fused-ring (bicyclic) bond motifs is 1. The Hall–Kier alpha value is -2.44. The number of hydrogen-bond donors (Lipinski definition) is 2. The van der Waals surface area contributed by atoms with Crippen molar-refractivity contribution in [3.63, 3.8) is 0 Å². The summed E-state index contributed by atoms with van der Waals surface area (Å²) in [6.45, 7) is 3.31. The number of nitrogens with zero attached hydrogens (tertiary/aromatic N) is 2. The topological polar surface area (TPSA) is 80.1 Å². The Bertz CT molecular complexity index is 968. The predicted molar refractivity (Wildman–Crippen MR) is 95.4 cm³/mol. The lowest BCUT2D eigenvalue weighted by Crippen LogP contribution is -2.16. The quantitative estimate of drug-likeness (QED) is 0.765. The van der Waals surface area contributed by atoms with Gasteiger partial charge in [0.25, 0.3) is 5.56 Å². The maximum atomic E-state index is 11.7. The number of pyridine rings is 1. The lowest BCUT2D eigenvalue weighted by atomic mass is 10.2. The predicted octanol–water partition coefficient (Wildman–Crippen LogP) is 2.37. The van der Waals surface area contributed by atoms with E-state index in [1.807, 2.05) is 24.3 Å². The minimum Gasteiger partial charge on any atom is -0.392 e. The van der Waals surface area contributed by atoms with Crippen LogP contribution in [0.1, 0.15) is 24.0 Å². The zero-order valence-corrected chi connectivity index (χ0v) is 14.2. The van der Waals surface area contributed by atoms with Crippen molar-refractivity contribution in [2.24, 2.45) is 0 Å². The first-order chi connectivity index (χ1) is 12.2. The standard InChI is InChI=1S/C19H21N3O3/c1-12-7-14(9-20-19(12)24)18-21-16-8-13(11-23)4-5-17(16)22(18)10-15-3-2-6-25-15/h4-5,7-9,15,23H,2-3,6,10-11H2,1H3,(H,20,24). The van der Waals surface area contributed by atoms with Gasteiger partial charge < -0.3 is 19.4 Å². The number of aliphatic hydroxyl groups excluding tert-OH is 1. The second kappa shape index (κ2) is 6.46. The summed E-state index contributed by atoms with van der Waals surface area (Å²) in [6, 6.07) is 7.67. The summed E-state index contributed by atoms with van der Waals surface area (Å²) in [5.41, 5.74) is 4.11. The number of aliphatic hydroxyl groups is 1. The van der Waals surface area contributed by atoms with Gasteiger partial charge in [-0.25, -0.2) is 4.98 Å². The van der Waals surface area contributed by atoms with Crippen LogP contribution in [0.25, 0.3) is 22.4 Å². The van der Waals surface area contributed by atoms with Crippen LogP contribution >= 0.6 is 0 Å². The van der Waals surface area contributed by atoms with Gasteiger partial charge in [-0.3, -0.25) is 4.79 Å². The van der Waals surface area contributed by atoms with Crippen molar-refractivity contribution < 1.29 is 9.84 Å². The number of aryl methyl sites for hydroxylation is 1. The molecule has 0 radical (unpaired) electrons. The first-order valence-electron chi connectivity index (χ1n) is 8.57. The van der Waals surface area contributed by atoms with Gasteiger partial charge in [-0.05, 0) is 43.5 Å². The monoisotopic (exact) mass is 339 g/mol. The molecule has 0 bridgehead atoms. The minimum atomic E-state index is -0.0897. The van der Waals surface area contributed by atoms with Crippen LogP contribution in [-0.2, 0) is 17.9 Å². The molecule has 3 aromatic rings. The summed E-state index contributed by atoms with van der Waals surface area (Å²) >= 11 is 0. The third-order valence-electron chi connectivity index (χ3n) is 4.75. The Morgan fingerprint density at radius 1 is 1.40 bits per heavy atom. The largest absolute Gasteiger partial charge is 0.392 e. The third kappa shape index (κ3) is 2.99. The molecule has 1 fully saturated rings. The second-order valence-electron chi connectivity index (χ2n) is 6.56. The fourth-order valence-corrected chi connectivity index (χ4v) is 3.40. The highest BCUT2D eigenvalue weighted by Crippen LogP contribution is 2.27. The number of rotatable bonds is 4. The van der Waals surface area contributed by atoms with E-state index in [0.717, 1.165) is 54.0 Å². The molecule has 0 spiro atoms. The number of aromatic nitrogens is 3. The number of ether oxygens (including phenoxy) is 1.